The Hall–Kier alpha value is -7.62. The number of fused-ring (bicyclic) bond motifs is 4. The minimum Gasteiger partial charge on any atom is -0.508 e. The maximum atomic E-state index is 14.6. The predicted octanol–water partition coefficient (Wildman–Crippen LogP) is -1.11. The number of phenolic OH excluding ortho intramolecular Hbond substituents is 1. The fourth-order valence-electron chi connectivity index (χ4n) is 8.39. The summed E-state index contributed by atoms with van der Waals surface area (Å²) in [6, 6.07) is 5.35. The molecule has 1 saturated heterocycles. The normalized spacial score (nSPS) is 24.4. The molecule has 354 valence electrons. The molecule has 3 aromatic heterocycles. The van der Waals surface area contributed by atoms with E-state index in [4.69, 9.17) is 11.5 Å². The number of nitrogens with two attached hydrogens (primary N) is 2. The van der Waals surface area contributed by atoms with Crippen LogP contribution in [0.2, 0.25) is 0 Å². The molecule has 7 rings (SSSR count). The minimum absolute atomic E-state index is 0.00917. The molecule has 2 aliphatic heterocycles. The van der Waals surface area contributed by atoms with Crippen molar-refractivity contribution in [2.45, 2.75) is 114 Å². The number of H-pyrrole nitrogens is 2. The van der Waals surface area contributed by atoms with Crippen LogP contribution in [0.3, 0.4) is 0 Å². The van der Waals surface area contributed by atoms with Gasteiger partial charge in [0.2, 0.25) is 41.4 Å². The summed E-state index contributed by atoms with van der Waals surface area (Å²) in [5, 5.41) is 32.7. The van der Waals surface area contributed by atoms with Crippen LogP contribution in [-0.2, 0) is 65.8 Å². The molecule has 7 atom stereocenters. The number of hydrogen-bond donors (Lipinski definition) is 10. The first kappa shape index (κ1) is 47.3. The summed E-state index contributed by atoms with van der Waals surface area (Å²) in [5.41, 5.74) is 15.2. The van der Waals surface area contributed by atoms with E-state index in [9.17, 15) is 38.7 Å². The van der Waals surface area contributed by atoms with Gasteiger partial charge in [-0.2, -0.15) is 0 Å². The SMILES string of the molecule is C[C@@H]1NC(=O)[C@H](Cc2cnc[nH]2)NC(=O)[C@@H]2CCCN2C(=O)[C@H](Cc2c[nH]c3ccccc23)NC(=O)[C@@H](N)Cc2cn(nn2)CCCC[C@@H](C(N)=O)NC(=O)[C@H](Cc2ccc(O)cc2)NC1=O. The molecule has 5 heterocycles. The molecular weight excluding hydrogens is 865 g/mol. The van der Waals surface area contributed by atoms with Gasteiger partial charge in [-0.05, 0) is 68.4 Å². The summed E-state index contributed by atoms with van der Waals surface area (Å²) in [6.07, 6.45) is 8.03. The van der Waals surface area contributed by atoms with Crippen molar-refractivity contribution in [1.29, 1.82) is 0 Å². The van der Waals surface area contributed by atoms with E-state index in [-0.39, 0.29) is 50.8 Å². The number of carbonyl (C=O) groups is 7. The van der Waals surface area contributed by atoms with Gasteiger partial charge in [-0.15, -0.1) is 5.10 Å². The zero-order valence-electron chi connectivity index (χ0n) is 36.9. The summed E-state index contributed by atoms with van der Waals surface area (Å²) >= 11 is 0. The van der Waals surface area contributed by atoms with Crippen molar-refractivity contribution >= 4 is 52.3 Å². The highest BCUT2D eigenvalue weighted by molar-refractivity contribution is 5.98. The van der Waals surface area contributed by atoms with Crippen LogP contribution in [0.25, 0.3) is 10.9 Å². The number of aromatic hydroxyl groups is 1. The largest absolute Gasteiger partial charge is 0.508 e. The van der Waals surface area contributed by atoms with Crippen molar-refractivity contribution in [1.82, 2.24) is 61.4 Å². The van der Waals surface area contributed by atoms with Crippen LogP contribution in [-0.4, -0.2) is 130 Å². The Balaban J connectivity index is 1.17. The zero-order chi connectivity index (χ0) is 47.6. The monoisotopic (exact) mass is 920 g/mol. The van der Waals surface area contributed by atoms with Crippen LogP contribution in [0.15, 0.2) is 73.4 Å². The summed E-state index contributed by atoms with van der Waals surface area (Å²) in [6.45, 7) is 1.97. The van der Waals surface area contributed by atoms with Gasteiger partial charge < -0.3 is 58.0 Å². The molecule has 0 radical (unpaired) electrons. The maximum Gasteiger partial charge on any atom is 0.246 e. The molecular formula is C45H56N14O8. The lowest BCUT2D eigenvalue weighted by atomic mass is 10.0. The molecule has 2 bridgehead atoms. The Kier molecular flexibility index (Phi) is 15.2. The number of nitrogens with zero attached hydrogens (tertiary/aromatic N) is 5. The first-order valence-electron chi connectivity index (χ1n) is 22.3. The van der Waals surface area contributed by atoms with Crippen molar-refractivity contribution in [3.8, 4) is 5.75 Å². The number of benzene rings is 2. The minimum atomic E-state index is -1.27. The Morgan fingerprint density at radius 1 is 0.776 bits per heavy atom. The van der Waals surface area contributed by atoms with Crippen LogP contribution < -0.4 is 38.1 Å². The highest BCUT2D eigenvalue weighted by Crippen LogP contribution is 2.24. The van der Waals surface area contributed by atoms with Crippen LogP contribution in [0.5, 0.6) is 5.75 Å². The lowest BCUT2D eigenvalue weighted by Crippen LogP contribution is -2.60. The van der Waals surface area contributed by atoms with Gasteiger partial charge in [-0.1, -0.05) is 35.5 Å². The number of rotatable bonds is 7. The van der Waals surface area contributed by atoms with E-state index >= 15 is 0 Å². The fraction of sp³-hybridized carbons (Fsp3) is 0.422. The lowest BCUT2D eigenvalue weighted by Gasteiger charge is -2.30. The molecule has 0 unspecified atom stereocenters. The van der Waals surface area contributed by atoms with E-state index < -0.39 is 83.6 Å². The summed E-state index contributed by atoms with van der Waals surface area (Å²) in [5.74, 6) is -4.79. The van der Waals surface area contributed by atoms with Gasteiger partial charge in [-0.25, -0.2) is 4.98 Å². The third kappa shape index (κ3) is 12.2. The van der Waals surface area contributed by atoms with E-state index in [0.717, 1.165) is 16.5 Å². The summed E-state index contributed by atoms with van der Waals surface area (Å²) in [4.78, 5) is 109. The molecule has 0 saturated carbocycles. The van der Waals surface area contributed by atoms with Gasteiger partial charge in [0, 0.05) is 74.0 Å². The Bertz CT molecular complexity index is 2560. The first-order valence-corrected chi connectivity index (χ1v) is 22.3. The smallest absolute Gasteiger partial charge is 0.246 e. The molecule has 22 nitrogen and oxygen atoms in total. The number of aryl methyl sites for hydroxylation is 1. The number of imidazole rings is 1. The van der Waals surface area contributed by atoms with Crippen LogP contribution in [0, 0.1) is 0 Å². The lowest BCUT2D eigenvalue weighted by molar-refractivity contribution is -0.142. The standard InChI is InChI=1S/C45H56N14O8/c1-25-40(62)53-35(17-26-11-13-30(60)14-12-26)43(65)52-34(39(47)61)9-4-5-15-58-23-29(56-57-58)19-32(46)41(63)55-37(18-27-21-49-33-8-3-2-7-31(27)33)45(67)59-16-6-10-38(59)44(66)54-36(42(64)51-25)20-28-22-48-24-50-28/h2-3,7-8,11-14,21-25,32,34-38,49,60H,4-6,9-10,15-20,46H2,1H3,(H2,47,61)(H,48,50)(H,51,64)(H,52,65)(H,53,62)(H,54,66)(H,55,63)/t25-,32-,34-,35-,36-,37-,38-/m0/s1. The Morgan fingerprint density at radius 3 is 2.27 bits per heavy atom. The second-order valence-electron chi connectivity index (χ2n) is 17.1. The summed E-state index contributed by atoms with van der Waals surface area (Å²) in [7, 11) is 0. The number of phenols is 1. The van der Waals surface area contributed by atoms with Crippen LogP contribution >= 0.6 is 0 Å². The number of primary amides is 1. The number of para-hydroxylation sites is 1. The number of amides is 7. The highest BCUT2D eigenvalue weighted by atomic mass is 16.3. The molecule has 12 N–H and O–H groups in total. The highest BCUT2D eigenvalue weighted by Gasteiger charge is 2.40. The first-order chi connectivity index (χ1) is 32.2. The molecule has 5 aromatic rings. The van der Waals surface area contributed by atoms with Gasteiger partial charge in [-0.3, -0.25) is 38.2 Å². The van der Waals surface area contributed by atoms with Gasteiger partial charge in [0.1, 0.15) is 42.0 Å². The quantitative estimate of drug-likeness (QED) is 0.0930. The summed E-state index contributed by atoms with van der Waals surface area (Å²) < 4.78 is 1.56. The third-order valence-electron chi connectivity index (χ3n) is 12.1. The molecule has 0 aliphatic carbocycles. The zero-order valence-corrected chi connectivity index (χ0v) is 36.9. The second kappa shape index (κ2) is 21.6. The number of nitrogens with one attached hydrogen (secondary N) is 7. The topological polar surface area (TPSA) is 330 Å². The Labute approximate surface area is 384 Å². The average molecular weight is 921 g/mol. The number of carbonyl (C=O) groups excluding carboxylic acids is 7. The molecule has 1 fully saturated rings. The van der Waals surface area contributed by atoms with Gasteiger partial charge >= 0.3 is 0 Å². The van der Waals surface area contributed by atoms with E-state index in [2.05, 4.69) is 51.8 Å². The number of hydrogen-bond acceptors (Lipinski definition) is 12. The van der Waals surface area contributed by atoms with Crippen LogP contribution in [0.1, 0.15) is 61.5 Å². The molecule has 2 aliphatic rings. The van der Waals surface area contributed by atoms with Gasteiger partial charge in [0.25, 0.3) is 0 Å². The van der Waals surface area contributed by atoms with E-state index in [1.807, 2.05) is 24.3 Å². The second-order valence-corrected chi connectivity index (χ2v) is 17.1. The fourth-order valence-corrected chi connectivity index (χ4v) is 8.39. The van der Waals surface area contributed by atoms with Gasteiger partial charge in [0.05, 0.1) is 18.1 Å². The number of aromatic amines is 2. The Morgan fingerprint density at radius 2 is 1.51 bits per heavy atom. The molecule has 22 heteroatoms. The molecule has 0 spiro atoms. The predicted molar refractivity (Wildman–Crippen MR) is 241 cm³/mol. The van der Waals surface area contributed by atoms with Crippen molar-refractivity contribution in [2.24, 2.45) is 11.5 Å². The van der Waals surface area contributed by atoms with Crippen molar-refractivity contribution in [2.75, 3.05) is 6.54 Å². The van der Waals surface area contributed by atoms with Crippen molar-refractivity contribution in [3.63, 3.8) is 0 Å². The van der Waals surface area contributed by atoms with Gasteiger partial charge in [0.15, 0.2) is 0 Å². The van der Waals surface area contributed by atoms with E-state index in [1.54, 1.807) is 29.2 Å². The van der Waals surface area contributed by atoms with Crippen molar-refractivity contribution < 1.29 is 38.7 Å². The molecule has 67 heavy (non-hydrogen) atoms. The average Bonchev–Trinajstić information content (AvgIpc) is 4.16. The molecule has 2 aromatic carbocycles. The van der Waals surface area contributed by atoms with Crippen molar-refractivity contribution in [3.05, 3.63) is 96.0 Å². The number of aromatic nitrogens is 6. The van der Waals surface area contributed by atoms with E-state index in [0.29, 0.717) is 42.8 Å². The maximum absolute atomic E-state index is 14.6. The van der Waals surface area contributed by atoms with E-state index in [1.165, 1.54) is 36.5 Å². The van der Waals surface area contributed by atoms with Crippen LogP contribution in [0.4, 0.5) is 0 Å². The third-order valence-corrected chi connectivity index (χ3v) is 12.1. The molecule has 7 amide bonds.